The summed E-state index contributed by atoms with van der Waals surface area (Å²) in [5, 5.41) is 3.25. The molecular weight excluding hydrogens is 340 g/mol. The monoisotopic (exact) mass is 364 g/mol. The Labute approximate surface area is 158 Å². The number of benzene rings is 1. The first-order valence-electron chi connectivity index (χ1n) is 9.00. The summed E-state index contributed by atoms with van der Waals surface area (Å²) in [6.07, 6.45) is 3.39. The Morgan fingerprint density at radius 1 is 1.26 bits per heavy atom. The molecule has 0 saturated heterocycles. The van der Waals surface area contributed by atoms with E-state index in [1.165, 1.54) is 0 Å². The molecule has 0 aliphatic carbocycles. The van der Waals surface area contributed by atoms with Crippen molar-refractivity contribution in [3.8, 4) is 11.4 Å². The minimum Gasteiger partial charge on any atom is -0.497 e. The molecular formula is C21H24N4O2. The second-order valence-corrected chi connectivity index (χ2v) is 6.40. The van der Waals surface area contributed by atoms with Gasteiger partial charge in [-0.1, -0.05) is 19.4 Å². The lowest BCUT2D eigenvalue weighted by Gasteiger charge is -2.03. The summed E-state index contributed by atoms with van der Waals surface area (Å²) in [6, 6.07) is 11.2. The van der Waals surface area contributed by atoms with Gasteiger partial charge < -0.3 is 4.74 Å². The number of aliphatic imine (C=N–C) groups is 1. The summed E-state index contributed by atoms with van der Waals surface area (Å²) in [6.45, 7) is 5.90. The highest BCUT2D eigenvalue weighted by Crippen LogP contribution is 2.18. The number of pyridine rings is 1. The summed E-state index contributed by atoms with van der Waals surface area (Å²) in [5.74, 6) is 1.38. The van der Waals surface area contributed by atoms with E-state index >= 15 is 0 Å². The van der Waals surface area contributed by atoms with Gasteiger partial charge in [-0.15, -0.1) is 0 Å². The number of ether oxygens (including phenoxy) is 1. The van der Waals surface area contributed by atoms with Crippen molar-refractivity contribution in [2.75, 3.05) is 7.11 Å². The lowest BCUT2D eigenvalue weighted by molar-refractivity contribution is 0.414. The third-order valence-electron chi connectivity index (χ3n) is 4.41. The van der Waals surface area contributed by atoms with Crippen LogP contribution in [0.4, 0.5) is 5.82 Å². The molecule has 3 rings (SSSR count). The molecule has 0 fully saturated rings. The van der Waals surface area contributed by atoms with Crippen LogP contribution in [0.2, 0.25) is 0 Å². The molecule has 0 atom stereocenters. The average molecular weight is 364 g/mol. The van der Waals surface area contributed by atoms with Crippen LogP contribution >= 0.6 is 0 Å². The summed E-state index contributed by atoms with van der Waals surface area (Å²) in [4.78, 5) is 22.1. The van der Waals surface area contributed by atoms with Crippen LogP contribution < -0.4 is 10.3 Å². The number of aromatic amines is 1. The molecule has 2 heterocycles. The van der Waals surface area contributed by atoms with Crippen LogP contribution in [0.15, 0.2) is 52.4 Å². The topological polar surface area (TPSA) is 72.3 Å². The van der Waals surface area contributed by atoms with Crippen molar-refractivity contribution >= 4 is 11.5 Å². The van der Waals surface area contributed by atoms with Crippen LogP contribution in [0.3, 0.4) is 0 Å². The average Bonchev–Trinajstić information content (AvgIpc) is 3.00. The molecule has 0 bridgehead atoms. The van der Waals surface area contributed by atoms with Gasteiger partial charge >= 0.3 is 0 Å². The number of hydrogen-bond acceptors (Lipinski definition) is 4. The zero-order chi connectivity index (χ0) is 19.4. The highest BCUT2D eigenvalue weighted by atomic mass is 16.5. The second kappa shape index (κ2) is 8.03. The fourth-order valence-corrected chi connectivity index (χ4v) is 3.01. The molecule has 0 aliphatic rings. The van der Waals surface area contributed by atoms with E-state index in [0.29, 0.717) is 17.1 Å². The van der Waals surface area contributed by atoms with E-state index in [9.17, 15) is 4.79 Å². The first-order chi connectivity index (χ1) is 13.0. The van der Waals surface area contributed by atoms with Gasteiger partial charge in [0.25, 0.3) is 5.56 Å². The van der Waals surface area contributed by atoms with Crippen LogP contribution in [0.25, 0.3) is 5.69 Å². The van der Waals surface area contributed by atoms with Crippen LogP contribution in [-0.4, -0.2) is 27.6 Å². The van der Waals surface area contributed by atoms with E-state index in [4.69, 9.17) is 4.74 Å². The van der Waals surface area contributed by atoms with Gasteiger partial charge in [0.15, 0.2) is 5.82 Å². The number of methoxy groups -OCH3 is 1. The Balaban J connectivity index is 2.10. The van der Waals surface area contributed by atoms with E-state index in [-0.39, 0.29) is 5.56 Å². The van der Waals surface area contributed by atoms with E-state index in [1.54, 1.807) is 18.0 Å². The van der Waals surface area contributed by atoms with Crippen molar-refractivity contribution in [3.05, 3.63) is 69.8 Å². The molecule has 1 N–H and O–H groups in total. The Kier molecular flexibility index (Phi) is 5.54. The Hall–Kier alpha value is -3.15. The lowest BCUT2D eigenvalue weighted by Crippen LogP contribution is -2.19. The van der Waals surface area contributed by atoms with Crippen molar-refractivity contribution in [2.45, 2.75) is 33.6 Å². The molecule has 0 aliphatic heterocycles. The number of nitrogens with zero attached hydrogens (tertiary/aromatic N) is 3. The fraction of sp³-hybridized carbons (Fsp3) is 0.286. The van der Waals surface area contributed by atoms with Gasteiger partial charge in [0.1, 0.15) is 5.75 Å². The number of hydrogen-bond donors (Lipinski definition) is 1. The van der Waals surface area contributed by atoms with Gasteiger partial charge in [-0.2, -0.15) is 0 Å². The summed E-state index contributed by atoms with van der Waals surface area (Å²) >= 11 is 0. The number of aryl methyl sites for hydroxylation is 2. The van der Waals surface area contributed by atoms with Crippen LogP contribution in [0, 0.1) is 6.92 Å². The largest absolute Gasteiger partial charge is 0.497 e. The molecule has 27 heavy (non-hydrogen) atoms. The molecule has 0 saturated carbocycles. The molecule has 1 aromatic carbocycles. The van der Waals surface area contributed by atoms with Crippen LogP contribution in [-0.2, 0) is 6.42 Å². The summed E-state index contributed by atoms with van der Waals surface area (Å²) < 4.78 is 6.75. The molecule has 0 unspecified atom stereocenters. The molecule has 0 radical (unpaired) electrons. The van der Waals surface area contributed by atoms with E-state index < -0.39 is 0 Å². The number of nitrogens with one attached hydrogen (secondary N) is 1. The Morgan fingerprint density at radius 2 is 2.00 bits per heavy atom. The maximum atomic E-state index is 13.1. The maximum absolute atomic E-state index is 13.1. The van der Waals surface area contributed by atoms with Gasteiger partial charge in [0, 0.05) is 11.9 Å². The predicted molar refractivity (Wildman–Crippen MR) is 108 cm³/mol. The van der Waals surface area contributed by atoms with Gasteiger partial charge in [0.2, 0.25) is 0 Å². The Morgan fingerprint density at radius 3 is 2.63 bits per heavy atom. The van der Waals surface area contributed by atoms with E-state index in [0.717, 1.165) is 35.5 Å². The van der Waals surface area contributed by atoms with E-state index in [2.05, 4.69) is 22.0 Å². The molecule has 140 valence electrons. The van der Waals surface area contributed by atoms with Gasteiger partial charge in [-0.05, 0) is 56.2 Å². The van der Waals surface area contributed by atoms with Crippen LogP contribution in [0.1, 0.15) is 37.1 Å². The summed E-state index contributed by atoms with van der Waals surface area (Å²) in [7, 11) is 1.62. The fourth-order valence-electron chi connectivity index (χ4n) is 3.01. The van der Waals surface area contributed by atoms with Gasteiger partial charge in [-0.3, -0.25) is 9.89 Å². The zero-order valence-electron chi connectivity index (χ0n) is 16.1. The van der Waals surface area contributed by atoms with Gasteiger partial charge in [0.05, 0.1) is 24.1 Å². The molecule has 6 heteroatoms. The molecule has 2 aromatic heterocycles. The smallest absolute Gasteiger partial charge is 0.280 e. The van der Waals surface area contributed by atoms with Gasteiger partial charge in [-0.25, -0.2) is 14.7 Å². The van der Waals surface area contributed by atoms with Crippen molar-refractivity contribution < 1.29 is 4.74 Å². The quantitative estimate of drug-likeness (QED) is 0.673. The van der Waals surface area contributed by atoms with Crippen molar-refractivity contribution in [1.82, 2.24) is 14.8 Å². The molecule has 0 amide bonds. The molecule has 3 aromatic rings. The zero-order valence-corrected chi connectivity index (χ0v) is 16.1. The minimum atomic E-state index is -0.113. The number of rotatable bonds is 6. The standard InChI is InChI=1S/C21H24N4O2/c1-5-7-18-19(15(3)23-20-14(2)8-6-13-22-20)21(26)25(24-18)16-9-11-17(27-4)12-10-16/h6,8-13,24H,5,7H2,1-4H3. The van der Waals surface area contributed by atoms with Crippen molar-refractivity contribution in [1.29, 1.82) is 0 Å². The van der Waals surface area contributed by atoms with Crippen LogP contribution in [0.5, 0.6) is 5.75 Å². The number of H-pyrrole nitrogens is 1. The first-order valence-corrected chi connectivity index (χ1v) is 9.00. The molecule has 0 spiro atoms. The van der Waals surface area contributed by atoms with Crippen molar-refractivity contribution in [2.24, 2.45) is 4.99 Å². The SMILES string of the molecule is CCCc1[nH]n(-c2ccc(OC)cc2)c(=O)c1C(C)=Nc1ncccc1C. The highest BCUT2D eigenvalue weighted by Gasteiger charge is 2.17. The van der Waals surface area contributed by atoms with Crippen molar-refractivity contribution in [3.63, 3.8) is 0 Å². The third-order valence-corrected chi connectivity index (χ3v) is 4.41. The maximum Gasteiger partial charge on any atom is 0.280 e. The second-order valence-electron chi connectivity index (χ2n) is 6.40. The number of aromatic nitrogens is 3. The molecule has 6 nitrogen and oxygen atoms in total. The normalized spacial score (nSPS) is 11.6. The predicted octanol–water partition coefficient (Wildman–Crippen LogP) is 3.97. The summed E-state index contributed by atoms with van der Waals surface area (Å²) in [5.41, 5.74) is 3.77. The third kappa shape index (κ3) is 3.84. The Bertz CT molecular complexity index is 1010. The minimum absolute atomic E-state index is 0.113. The first kappa shape index (κ1) is 18.6. The van der Waals surface area contributed by atoms with E-state index in [1.807, 2.05) is 50.2 Å². The lowest BCUT2D eigenvalue weighted by atomic mass is 10.1. The highest BCUT2D eigenvalue weighted by molar-refractivity contribution is 6.01.